The Morgan fingerprint density at radius 1 is 1.03 bits per heavy atom. The molecule has 1 unspecified atom stereocenters. The molecular weight excluding hydrogens is 394 g/mol. The molecule has 1 atom stereocenters. The molecule has 0 aliphatic rings. The minimum absolute atomic E-state index is 0.0124. The number of fused-ring (bicyclic) bond motifs is 1. The normalized spacial score (nSPS) is 12.0. The lowest BCUT2D eigenvalue weighted by Gasteiger charge is -2.14. The molecule has 1 aromatic heterocycles. The van der Waals surface area contributed by atoms with E-state index in [1.807, 2.05) is 35.8 Å². The van der Waals surface area contributed by atoms with Crippen molar-refractivity contribution < 1.29 is 19.1 Å². The van der Waals surface area contributed by atoms with E-state index in [2.05, 4.69) is 10.3 Å². The molecule has 0 fully saturated rings. The van der Waals surface area contributed by atoms with Gasteiger partial charge < -0.3 is 14.6 Å². The van der Waals surface area contributed by atoms with Gasteiger partial charge in [0.2, 0.25) is 11.7 Å². The molecule has 1 heterocycles. The summed E-state index contributed by atoms with van der Waals surface area (Å²) in [6.07, 6.45) is -0.251. The van der Waals surface area contributed by atoms with Crippen LogP contribution in [0.25, 0.3) is 11.0 Å². The number of aryl methyl sites for hydroxylation is 1. The molecule has 2 aromatic carbocycles. The third kappa shape index (κ3) is 5.17. The smallest absolute Gasteiger partial charge is 0.326 e. The van der Waals surface area contributed by atoms with Crippen LogP contribution in [0.15, 0.2) is 48.5 Å². The number of ketones is 1. The first-order valence-electron chi connectivity index (χ1n) is 10.4. The average molecular weight is 421 g/mol. The average Bonchev–Trinajstić information content (AvgIpc) is 3.11. The van der Waals surface area contributed by atoms with Crippen LogP contribution in [0.3, 0.4) is 0 Å². The summed E-state index contributed by atoms with van der Waals surface area (Å²) in [5, 5.41) is 2.77. The van der Waals surface area contributed by atoms with Gasteiger partial charge in [-0.1, -0.05) is 32.9 Å². The fraction of sp³-hybridized carbons (Fsp3) is 0.333. The Kier molecular flexibility index (Phi) is 6.84. The number of anilines is 1. The molecular formula is C24H27N3O4. The van der Waals surface area contributed by atoms with E-state index in [0.717, 1.165) is 16.9 Å². The molecule has 0 aliphatic heterocycles. The van der Waals surface area contributed by atoms with Crippen molar-refractivity contribution in [3.05, 3.63) is 59.9 Å². The van der Waals surface area contributed by atoms with E-state index in [-0.39, 0.29) is 24.2 Å². The number of aromatic nitrogens is 2. The number of para-hydroxylation sites is 2. The first kappa shape index (κ1) is 22.2. The van der Waals surface area contributed by atoms with Gasteiger partial charge >= 0.3 is 5.97 Å². The van der Waals surface area contributed by atoms with Crippen LogP contribution in [-0.2, 0) is 27.3 Å². The van der Waals surface area contributed by atoms with Crippen molar-refractivity contribution in [2.24, 2.45) is 5.92 Å². The first-order valence-corrected chi connectivity index (χ1v) is 10.4. The van der Waals surface area contributed by atoms with E-state index in [0.29, 0.717) is 17.7 Å². The van der Waals surface area contributed by atoms with Gasteiger partial charge in [-0.25, -0.2) is 4.98 Å². The van der Waals surface area contributed by atoms with Crippen molar-refractivity contribution in [3.8, 4) is 0 Å². The van der Waals surface area contributed by atoms with Crippen LogP contribution >= 0.6 is 0 Å². The summed E-state index contributed by atoms with van der Waals surface area (Å²) in [4.78, 5) is 41.5. The highest BCUT2D eigenvalue weighted by Crippen LogP contribution is 2.17. The maximum absolute atomic E-state index is 12.7. The molecule has 31 heavy (non-hydrogen) atoms. The molecule has 3 aromatic rings. The molecule has 0 bridgehead atoms. The van der Waals surface area contributed by atoms with E-state index in [1.54, 1.807) is 45.0 Å². The number of benzene rings is 2. The molecule has 0 spiro atoms. The summed E-state index contributed by atoms with van der Waals surface area (Å²) in [6.45, 7) is 7.13. The highest BCUT2D eigenvalue weighted by Gasteiger charge is 2.21. The highest BCUT2D eigenvalue weighted by molar-refractivity contribution is 6.01. The van der Waals surface area contributed by atoms with Gasteiger partial charge in [0, 0.05) is 23.6 Å². The monoisotopic (exact) mass is 421 g/mol. The third-order valence-electron chi connectivity index (χ3n) is 4.98. The Balaban J connectivity index is 1.65. The van der Waals surface area contributed by atoms with Crippen LogP contribution < -0.4 is 5.32 Å². The number of hydrogen-bond donors (Lipinski definition) is 1. The topological polar surface area (TPSA) is 90.3 Å². The second kappa shape index (κ2) is 9.55. The molecule has 1 amide bonds. The zero-order valence-corrected chi connectivity index (χ0v) is 18.2. The molecule has 0 saturated carbocycles. The molecule has 7 nitrogen and oxygen atoms in total. The van der Waals surface area contributed by atoms with Crippen molar-refractivity contribution >= 4 is 34.4 Å². The van der Waals surface area contributed by atoms with Gasteiger partial charge in [-0.3, -0.25) is 14.4 Å². The Morgan fingerprint density at radius 3 is 2.35 bits per heavy atom. The number of nitrogens with zero attached hydrogens (tertiary/aromatic N) is 2. The minimum Gasteiger partial charge on any atom is -0.453 e. The van der Waals surface area contributed by atoms with Gasteiger partial charge in [-0.2, -0.15) is 0 Å². The van der Waals surface area contributed by atoms with E-state index in [1.165, 1.54) is 0 Å². The number of rotatable bonds is 8. The Morgan fingerprint density at radius 2 is 1.71 bits per heavy atom. The SMILES string of the molecule is CCc1nc2ccccc2n1CC(=O)OC(C)C(=O)c1ccc(NC(=O)C(C)C)cc1. The molecule has 0 radical (unpaired) electrons. The zero-order chi connectivity index (χ0) is 22.5. The van der Waals surface area contributed by atoms with Gasteiger partial charge in [0.1, 0.15) is 12.4 Å². The van der Waals surface area contributed by atoms with Crippen molar-refractivity contribution in [1.29, 1.82) is 0 Å². The number of amides is 1. The van der Waals surface area contributed by atoms with Crippen LogP contribution in [0.1, 0.15) is 43.9 Å². The summed E-state index contributed by atoms with van der Waals surface area (Å²) in [5.74, 6) is -0.251. The van der Waals surface area contributed by atoms with Crippen LogP contribution in [0.4, 0.5) is 5.69 Å². The van der Waals surface area contributed by atoms with E-state index in [4.69, 9.17) is 4.74 Å². The summed E-state index contributed by atoms with van der Waals surface area (Å²) < 4.78 is 7.23. The second-order valence-corrected chi connectivity index (χ2v) is 7.67. The zero-order valence-electron chi connectivity index (χ0n) is 18.2. The number of Topliss-reactive ketones (excluding diaryl/α,β-unsaturated/α-hetero) is 1. The Labute approximate surface area is 181 Å². The number of carbonyl (C=O) groups excluding carboxylic acids is 3. The van der Waals surface area contributed by atoms with Crippen molar-refractivity contribution in [2.45, 2.75) is 46.8 Å². The fourth-order valence-electron chi connectivity index (χ4n) is 3.23. The van der Waals surface area contributed by atoms with Crippen LogP contribution in [0, 0.1) is 5.92 Å². The number of carbonyl (C=O) groups is 3. The summed E-state index contributed by atoms with van der Waals surface area (Å²) in [7, 11) is 0. The van der Waals surface area contributed by atoms with Crippen LogP contribution in [0.5, 0.6) is 0 Å². The molecule has 0 saturated heterocycles. The lowest BCUT2D eigenvalue weighted by molar-refractivity contribution is -0.147. The third-order valence-corrected chi connectivity index (χ3v) is 4.98. The van der Waals surface area contributed by atoms with Crippen molar-refractivity contribution in [3.63, 3.8) is 0 Å². The summed E-state index contributed by atoms with van der Waals surface area (Å²) >= 11 is 0. The summed E-state index contributed by atoms with van der Waals surface area (Å²) in [6, 6.07) is 14.1. The van der Waals surface area contributed by atoms with E-state index >= 15 is 0 Å². The Hall–Kier alpha value is -3.48. The molecule has 162 valence electrons. The molecule has 1 N–H and O–H groups in total. The van der Waals surface area contributed by atoms with Crippen LogP contribution in [-0.4, -0.2) is 33.3 Å². The predicted octanol–water partition coefficient (Wildman–Crippen LogP) is 4.01. The molecule has 0 aliphatic carbocycles. The Bertz CT molecular complexity index is 1100. The van der Waals surface area contributed by atoms with Crippen LogP contribution in [0.2, 0.25) is 0 Å². The van der Waals surface area contributed by atoms with E-state index in [9.17, 15) is 14.4 Å². The first-order chi connectivity index (χ1) is 14.8. The minimum atomic E-state index is -0.927. The van der Waals surface area contributed by atoms with E-state index < -0.39 is 12.1 Å². The predicted molar refractivity (Wildman–Crippen MR) is 119 cm³/mol. The maximum atomic E-state index is 12.7. The number of imidazole rings is 1. The molecule has 7 heteroatoms. The quantitative estimate of drug-likeness (QED) is 0.438. The largest absolute Gasteiger partial charge is 0.453 e. The maximum Gasteiger partial charge on any atom is 0.326 e. The summed E-state index contributed by atoms with van der Waals surface area (Å²) in [5.41, 5.74) is 2.69. The highest BCUT2D eigenvalue weighted by atomic mass is 16.5. The number of ether oxygens (including phenoxy) is 1. The fourth-order valence-corrected chi connectivity index (χ4v) is 3.23. The van der Waals surface area contributed by atoms with Gasteiger partial charge in [0.25, 0.3) is 0 Å². The van der Waals surface area contributed by atoms with Gasteiger partial charge in [-0.15, -0.1) is 0 Å². The second-order valence-electron chi connectivity index (χ2n) is 7.67. The number of hydrogen-bond acceptors (Lipinski definition) is 5. The molecule has 3 rings (SSSR count). The lowest BCUT2D eigenvalue weighted by Crippen LogP contribution is -2.27. The van der Waals surface area contributed by atoms with Crippen molar-refractivity contribution in [1.82, 2.24) is 9.55 Å². The number of esters is 1. The van der Waals surface area contributed by atoms with Gasteiger partial charge in [0.15, 0.2) is 6.10 Å². The van der Waals surface area contributed by atoms with Gasteiger partial charge in [-0.05, 0) is 43.3 Å². The van der Waals surface area contributed by atoms with Gasteiger partial charge in [0.05, 0.1) is 11.0 Å². The standard InChI is InChI=1S/C24H27N3O4/c1-5-21-26-19-8-6-7-9-20(19)27(21)14-22(28)31-16(4)23(29)17-10-12-18(13-11-17)25-24(30)15(2)3/h6-13,15-16H,5,14H2,1-4H3,(H,25,30). The van der Waals surface area contributed by atoms with Crippen molar-refractivity contribution in [2.75, 3.05) is 5.32 Å². The number of nitrogens with one attached hydrogen (secondary N) is 1. The lowest BCUT2D eigenvalue weighted by atomic mass is 10.1.